The molecule has 0 radical (unpaired) electrons. The van der Waals surface area contributed by atoms with Crippen molar-refractivity contribution in [2.75, 3.05) is 13.2 Å². The minimum absolute atomic E-state index is 0.0799. The number of benzene rings is 3. The van der Waals surface area contributed by atoms with Crippen LogP contribution in [0.3, 0.4) is 0 Å². The lowest BCUT2D eigenvalue weighted by atomic mass is 10.1. The van der Waals surface area contributed by atoms with Gasteiger partial charge in [-0.25, -0.2) is 4.79 Å². The lowest BCUT2D eigenvalue weighted by Gasteiger charge is -2.18. The molecule has 5 nitrogen and oxygen atoms in total. The van der Waals surface area contributed by atoms with Gasteiger partial charge in [0.15, 0.2) is 6.10 Å². The second-order valence-electron chi connectivity index (χ2n) is 9.01. The van der Waals surface area contributed by atoms with Gasteiger partial charge < -0.3 is 19.3 Å². The summed E-state index contributed by atoms with van der Waals surface area (Å²) in [6, 6.07) is 26.1. The van der Waals surface area contributed by atoms with Crippen molar-refractivity contribution in [3.05, 3.63) is 84.4 Å². The highest BCUT2D eigenvalue weighted by atomic mass is 16.5. The Kier molecular flexibility index (Phi) is 9.18. The molecular formula is C30H34O5. The topological polar surface area (TPSA) is 65.0 Å². The minimum Gasteiger partial charge on any atom is -0.494 e. The number of carbonyl (C=O) groups is 1. The van der Waals surface area contributed by atoms with Crippen molar-refractivity contribution < 1.29 is 24.1 Å². The summed E-state index contributed by atoms with van der Waals surface area (Å²) < 4.78 is 17.5. The van der Waals surface area contributed by atoms with Gasteiger partial charge in [-0.05, 0) is 66.6 Å². The van der Waals surface area contributed by atoms with Gasteiger partial charge >= 0.3 is 5.97 Å². The summed E-state index contributed by atoms with van der Waals surface area (Å²) in [5.41, 5.74) is 3.31. The summed E-state index contributed by atoms with van der Waals surface area (Å²) in [4.78, 5) is 11.6. The zero-order valence-electron chi connectivity index (χ0n) is 20.1. The molecule has 184 valence electrons. The second kappa shape index (κ2) is 13.0. The lowest BCUT2D eigenvalue weighted by Crippen LogP contribution is -2.30. The predicted octanol–water partition coefficient (Wildman–Crippen LogP) is 6.55. The standard InChI is InChI=1S/C30H34O5/c31-30(32)29(35-28-10-4-5-11-28)22-23-12-16-26(17-13-23)33-20-6-7-21-34-27-18-14-25(15-19-27)24-8-2-1-3-9-24/h1-3,8-9,12-19,28-29H,4-7,10-11,20-22H2,(H,31,32). The maximum atomic E-state index is 11.6. The van der Waals surface area contributed by atoms with Crippen LogP contribution in [0.25, 0.3) is 11.1 Å². The van der Waals surface area contributed by atoms with Gasteiger partial charge in [0.05, 0.1) is 19.3 Å². The summed E-state index contributed by atoms with van der Waals surface area (Å²) in [7, 11) is 0. The number of ether oxygens (including phenoxy) is 3. The summed E-state index contributed by atoms with van der Waals surface area (Å²) in [5, 5.41) is 9.51. The van der Waals surface area contributed by atoms with E-state index < -0.39 is 12.1 Å². The van der Waals surface area contributed by atoms with Crippen LogP contribution in [0.4, 0.5) is 0 Å². The van der Waals surface area contributed by atoms with Gasteiger partial charge in [0, 0.05) is 6.42 Å². The van der Waals surface area contributed by atoms with E-state index in [1.165, 1.54) is 11.1 Å². The molecule has 0 saturated heterocycles. The Morgan fingerprint density at radius 2 is 1.31 bits per heavy atom. The molecule has 1 unspecified atom stereocenters. The molecule has 0 bridgehead atoms. The SMILES string of the molecule is O=C(O)C(Cc1ccc(OCCCCOc2ccc(-c3ccccc3)cc2)cc1)OC1CCCC1. The Morgan fingerprint density at radius 1 is 0.771 bits per heavy atom. The molecule has 1 aliphatic carbocycles. The van der Waals surface area contributed by atoms with Gasteiger partial charge in [0.25, 0.3) is 0 Å². The van der Waals surface area contributed by atoms with Crippen LogP contribution in [-0.2, 0) is 16.0 Å². The van der Waals surface area contributed by atoms with E-state index in [0.29, 0.717) is 19.6 Å². The normalized spacial score (nSPS) is 14.5. The molecule has 1 saturated carbocycles. The fraction of sp³-hybridized carbons (Fsp3) is 0.367. The molecule has 1 fully saturated rings. The molecule has 0 aliphatic heterocycles. The first kappa shape index (κ1) is 24.8. The first-order valence-electron chi connectivity index (χ1n) is 12.6. The average Bonchev–Trinajstić information content (AvgIpc) is 3.41. The molecule has 4 rings (SSSR count). The molecule has 1 aliphatic rings. The summed E-state index contributed by atoms with van der Waals surface area (Å²) in [5.74, 6) is 0.763. The van der Waals surface area contributed by atoms with Crippen LogP contribution in [0.2, 0.25) is 0 Å². The molecule has 0 amide bonds. The van der Waals surface area contributed by atoms with Gasteiger partial charge in [0.2, 0.25) is 0 Å². The van der Waals surface area contributed by atoms with Crippen LogP contribution >= 0.6 is 0 Å². The summed E-state index contributed by atoms with van der Waals surface area (Å²) in [6.07, 6.45) is 5.61. The maximum Gasteiger partial charge on any atom is 0.333 e. The van der Waals surface area contributed by atoms with E-state index in [2.05, 4.69) is 24.3 Å². The number of hydrogen-bond donors (Lipinski definition) is 1. The predicted molar refractivity (Wildman–Crippen MR) is 137 cm³/mol. The first-order chi connectivity index (χ1) is 17.2. The third-order valence-electron chi connectivity index (χ3n) is 6.32. The van der Waals surface area contributed by atoms with Gasteiger partial charge in [0.1, 0.15) is 11.5 Å². The minimum atomic E-state index is -0.897. The largest absolute Gasteiger partial charge is 0.494 e. The lowest BCUT2D eigenvalue weighted by molar-refractivity contribution is -0.154. The van der Waals surface area contributed by atoms with Crippen molar-refractivity contribution in [2.45, 2.75) is 57.2 Å². The molecule has 1 N–H and O–H groups in total. The van der Waals surface area contributed by atoms with Crippen LogP contribution in [0.1, 0.15) is 44.1 Å². The van der Waals surface area contributed by atoms with E-state index in [9.17, 15) is 9.90 Å². The highest BCUT2D eigenvalue weighted by molar-refractivity contribution is 5.72. The van der Waals surface area contributed by atoms with Gasteiger partial charge in [-0.1, -0.05) is 67.4 Å². The number of carboxylic acids is 1. The third kappa shape index (κ3) is 7.86. The zero-order valence-corrected chi connectivity index (χ0v) is 20.1. The van der Waals surface area contributed by atoms with Crippen LogP contribution in [-0.4, -0.2) is 36.5 Å². The highest BCUT2D eigenvalue weighted by Gasteiger charge is 2.25. The van der Waals surface area contributed by atoms with E-state index in [1.54, 1.807) is 0 Å². The Balaban J connectivity index is 1.13. The fourth-order valence-electron chi connectivity index (χ4n) is 4.34. The second-order valence-corrected chi connectivity index (χ2v) is 9.01. The Labute approximate surface area is 207 Å². The molecule has 0 heterocycles. The highest BCUT2D eigenvalue weighted by Crippen LogP contribution is 2.24. The molecular weight excluding hydrogens is 440 g/mol. The number of hydrogen-bond acceptors (Lipinski definition) is 4. The van der Waals surface area contributed by atoms with E-state index >= 15 is 0 Å². The van der Waals surface area contributed by atoms with Gasteiger partial charge in [-0.2, -0.15) is 0 Å². The quantitative estimate of drug-likeness (QED) is 0.285. The summed E-state index contributed by atoms with van der Waals surface area (Å²) >= 11 is 0. The molecule has 3 aromatic rings. The molecule has 3 aromatic carbocycles. The van der Waals surface area contributed by atoms with Crippen LogP contribution in [0, 0.1) is 0 Å². The molecule has 1 atom stereocenters. The Hall–Kier alpha value is -3.31. The third-order valence-corrected chi connectivity index (χ3v) is 6.32. The molecule has 35 heavy (non-hydrogen) atoms. The number of unbranched alkanes of at least 4 members (excludes halogenated alkanes) is 1. The van der Waals surface area contributed by atoms with E-state index in [-0.39, 0.29) is 6.10 Å². The average molecular weight is 475 g/mol. The molecule has 0 aromatic heterocycles. The Morgan fingerprint density at radius 3 is 1.89 bits per heavy atom. The van der Waals surface area contributed by atoms with Crippen LogP contribution in [0.15, 0.2) is 78.9 Å². The maximum absolute atomic E-state index is 11.6. The molecule has 5 heteroatoms. The van der Waals surface area contributed by atoms with E-state index in [1.807, 2.05) is 54.6 Å². The monoisotopic (exact) mass is 474 g/mol. The number of aliphatic carboxylic acids is 1. The first-order valence-corrected chi connectivity index (χ1v) is 12.6. The fourth-order valence-corrected chi connectivity index (χ4v) is 4.34. The van der Waals surface area contributed by atoms with E-state index in [0.717, 1.165) is 55.6 Å². The van der Waals surface area contributed by atoms with Crippen molar-refractivity contribution in [3.63, 3.8) is 0 Å². The van der Waals surface area contributed by atoms with E-state index in [4.69, 9.17) is 14.2 Å². The summed E-state index contributed by atoms with van der Waals surface area (Å²) in [6.45, 7) is 1.25. The zero-order chi connectivity index (χ0) is 24.3. The van der Waals surface area contributed by atoms with Crippen LogP contribution < -0.4 is 9.47 Å². The number of rotatable bonds is 13. The molecule has 0 spiro atoms. The number of carboxylic acid groups (broad SMARTS) is 1. The van der Waals surface area contributed by atoms with Crippen molar-refractivity contribution in [1.82, 2.24) is 0 Å². The van der Waals surface area contributed by atoms with Crippen molar-refractivity contribution >= 4 is 5.97 Å². The smallest absolute Gasteiger partial charge is 0.333 e. The van der Waals surface area contributed by atoms with Crippen molar-refractivity contribution in [2.24, 2.45) is 0 Å². The van der Waals surface area contributed by atoms with Crippen molar-refractivity contribution in [1.29, 1.82) is 0 Å². The van der Waals surface area contributed by atoms with Crippen molar-refractivity contribution in [3.8, 4) is 22.6 Å². The van der Waals surface area contributed by atoms with Crippen LogP contribution in [0.5, 0.6) is 11.5 Å². The van der Waals surface area contributed by atoms with Gasteiger partial charge in [-0.15, -0.1) is 0 Å². The van der Waals surface area contributed by atoms with Gasteiger partial charge in [-0.3, -0.25) is 0 Å². The Bertz CT molecular complexity index is 1020.